The average molecular weight is 375 g/mol. The van der Waals surface area contributed by atoms with Gasteiger partial charge in [-0.1, -0.05) is 23.7 Å². The molecule has 136 valence electrons. The van der Waals surface area contributed by atoms with Crippen LogP contribution in [0.3, 0.4) is 0 Å². The van der Waals surface area contributed by atoms with Gasteiger partial charge in [-0.2, -0.15) is 0 Å². The van der Waals surface area contributed by atoms with Crippen molar-refractivity contribution in [2.24, 2.45) is 0 Å². The Balaban J connectivity index is 1.62. The Morgan fingerprint density at radius 1 is 1.15 bits per heavy atom. The summed E-state index contributed by atoms with van der Waals surface area (Å²) in [4.78, 5) is 15.6. The van der Waals surface area contributed by atoms with E-state index in [1.165, 1.54) is 12.1 Å². The lowest BCUT2D eigenvalue weighted by Crippen LogP contribution is -2.51. The minimum Gasteiger partial charge on any atom is -0.478 e. The lowest BCUT2D eigenvalue weighted by Gasteiger charge is -2.40. The summed E-state index contributed by atoms with van der Waals surface area (Å²) < 4.78 is 18.9. The highest BCUT2D eigenvalue weighted by atomic mass is 35.5. The Morgan fingerprint density at radius 2 is 1.85 bits per heavy atom. The van der Waals surface area contributed by atoms with E-state index >= 15 is 0 Å². The quantitative estimate of drug-likeness (QED) is 0.746. The zero-order chi connectivity index (χ0) is 18.5. The summed E-state index contributed by atoms with van der Waals surface area (Å²) in [5.74, 6) is 2.54. The highest BCUT2D eigenvalue weighted by Gasteiger charge is 2.29. The van der Waals surface area contributed by atoms with E-state index in [-0.39, 0.29) is 11.9 Å². The van der Waals surface area contributed by atoms with Gasteiger partial charge in [0.05, 0.1) is 6.04 Å². The van der Waals surface area contributed by atoms with Gasteiger partial charge in [0, 0.05) is 24.7 Å². The molecule has 4 nitrogen and oxygen atoms in total. The highest BCUT2D eigenvalue weighted by molar-refractivity contribution is 6.30. The monoisotopic (exact) mass is 374 g/mol. The predicted octanol–water partition coefficient (Wildman–Crippen LogP) is 3.74. The first-order valence-electron chi connectivity index (χ1n) is 8.43. The van der Waals surface area contributed by atoms with E-state index in [9.17, 15) is 9.18 Å². The van der Waals surface area contributed by atoms with E-state index < -0.39 is 0 Å². The molecule has 1 atom stereocenters. The molecule has 2 aromatic rings. The molecule has 3 rings (SSSR count). The first kappa shape index (κ1) is 18.5. The number of hydrogen-bond acceptors (Lipinski definition) is 4. The first-order valence-corrected chi connectivity index (χ1v) is 8.81. The van der Waals surface area contributed by atoms with Gasteiger partial charge in [-0.15, -0.1) is 0 Å². The number of carbonyl (C=O) groups excluding carboxylic acids is 1. The van der Waals surface area contributed by atoms with Crippen molar-refractivity contribution in [3.8, 4) is 5.75 Å². The third kappa shape index (κ3) is 4.44. The number of hydrogen-bond donors (Lipinski definition) is 0. The topological polar surface area (TPSA) is 32.8 Å². The smallest absolute Gasteiger partial charge is 0.147 e. The SMILES string of the molecule is CC1C(=C=O)N(Cc2ccc(F)cc2)CCN1COc1ccc(Cl)cc1. The summed E-state index contributed by atoms with van der Waals surface area (Å²) in [5.41, 5.74) is 1.54. The van der Waals surface area contributed by atoms with Crippen LogP contribution in [0.25, 0.3) is 0 Å². The van der Waals surface area contributed by atoms with Gasteiger partial charge in [-0.3, -0.25) is 4.90 Å². The van der Waals surface area contributed by atoms with Gasteiger partial charge in [0.1, 0.15) is 29.9 Å². The summed E-state index contributed by atoms with van der Waals surface area (Å²) in [5, 5.41) is 0.659. The van der Waals surface area contributed by atoms with E-state index in [2.05, 4.69) is 10.8 Å². The van der Waals surface area contributed by atoms with Gasteiger partial charge < -0.3 is 9.64 Å². The van der Waals surface area contributed by atoms with Crippen LogP contribution in [0.5, 0.6) is 5.75 Å². The molecule has 2 aromatic carbocycles. The molecule has 0 radical (unpaired) electrons. The molecule has 1 aliphatic heterocycles. The van der Waals surface area contributed by atoms with Crippen molar-refractivity contribution in [2.75, 3.05) is 19.8 Å². The van der Waals surface area contributed by atoms with Crippen molar-refractivity contribution < 1.29 is 13.9 Å². The standard InChI is InChI=1S/C20H20ClFN2O2/c1-15-20(13-25)23(12-16-2-6-18(22)7-3-16)10-11-24(15)14-26-19-8-4-17(21)5-9-19/h2-9,15H,10-12,14H2,1H3. The first-order chi connectivity index (χ1) is 12.6. The zero-order valence-electron chi connectivity index (χ0n) is 14.5. The van der Waals surface area contributed by atoms with Gasteiger partial charge in [-0.05, 0) is 48.9 Å². The zero-order valence-corrected chi connectivity index (χ0v) is 15.2. The van der Waals surface area contributed by atoms with Gasteiger partial charge in [0.2, 0.25) is 0 Å². The Kier molecular flexibility index (Phi) is 5.94. The maximum absolute atomic E-state index is 13.1. The molecule has 1 fully saturated rings. The maximum atomic E-state index is 13.1. The second-order valence-electron chi connectivity index (χ2n) is 6.25. The number of rotatable bonds is 5. The Morgan fingerprint density at radius 3 is 2.50 bits per heavy atom. The fourth-order valence-corrected chi connectivity index (χ4v) is 3.12. The van der Waals surface area contributed by atoms with Crippen molar-refractivity contribution >= 4 is 17.5 Å². The van der Waals surface area contributed by atoms with Crippen molar-refractivity contribution in [1.82, 2.24) is 9.80 Å². The van der Waals surface area contributed by atoms with Crippen molar-refractivity contribution in [2.45, 2.75) is 19.5 Å². The maximum Gasteiger partial charge on any atom is 0.147 e. The van der Waals surface area contributed by atoms with E-state index in [0.29, 0.717) is 30.5 Å². The van der Waals surface area contributed by atoms with Crippen LogP contribution < -0.4 is 4.74 Å². The van der Waals surface area contributed by atoms with Crippen LogP contribution in [-0.4, -0.2) is 41.6 Å². The minimum absolute atomic E-state index is 0.117. The summed E-state index contributed by atoms with van der Waals surface area (Å²) >= 11 is 5.87. The average Bonchev–Trinajstić information content (AvgIpc) is 2.64. The van der Waals surface area contributed by atoms with Crippen LogP contribution >= 0.6 is 11.6 Å². The molecule has 0 spiro atoms. The molecule has 1 heterocycles. The van der Waals surface area contributed by atoms with Crippen LogP contribution in [0.15, 0.2) is 54.2 Å². The molecule has 0 N–H and O–H groups in total. The molecular formula is C20H20ClFN2O2. The second-order valence-corrected chi connectivity index (χ2v) is 6.69. The van der Waals surface area contributed by atoms with E-state index in [1.54, 1.807) is 24.3 Å². The van der Waals surface area contributed by atoms with Gasteiger partial charge in [-0.25, -0.2) is 9.18 Å². The highest BCUT2D eigenvalue weighted by Crippen LogP contribution is 2.22. The number of ether oxygens (including phenoxy) is 1. The molecule has 6 heteroatoms. The van der Waals surface area contributed by atoms with Crippen LogP contribution in [-0.2, 0) is 11.3 Å². The normalized spacial score (nSPS) is 17.9. The van der Waals surface area contributed by atoms with Crippen molar-refractivity contribution in [1.29, 1.82) is 0 Å². The molecule has 1 unspecified atom stereocenters. The van der Waals surface area contributed by atoms with Gasteiger partial charge in [0.25, 0.3) is 0 Å². The fraction of sp³-hybridized carbons (Fsp3) is 0.300. The summed E-state index contributed by atoms with van der Waals surface area (Å²) in [7, 11) is 0. The molecule has 0 bridgehead atoms. The summed E-state index contributed by atoms with van der Waals surface area (Å²) in [6.07, 6.45) is 0. The van der Waals surface area contributed by atoms with Gasteiger partial charge >= 0.3 is 0 Å². The molecule has 1 saturated heterocycles. The Labute approximate surface area is 157 Å². The van der Waals surface area contributed by atoms with Crippen LogP contribution in [0, 0.1) is 5.82 Å². The van der Waals surface area contributed by atoms with Crippen molar-refractivity contribution in [3.63, 3.8) is 0 Å². The van der Waals surface area contributed by atoms with E-state index in [1.807, 2.05) is 24.0 Å². The molecule has 0 saturated carbocycles. The minimum atomic E-state index is -0.266. The number of nitrogens with zero attached hydrogens (tertiary/aromatic N) is 2. The third-order valence-corrected chi connectivity index (χ3v) is 4.80. The molecule has 26 heavy (non-hydrogen) atoms. The lowest BCUT2D eigenvalue weighted by atomic mass is 10.1. The molecule has 1 aliphatic rings. The Hall–Kier alpha value is -2.33. The van der Waals surface area contributed by atoms with Crippen LogP contribution in [0.2, 0.25) is 5.02 Å². The molecular weight excluding hydrogens is 355 g/mol. The fourth-order valence-electron chi connectivity index (χ4n) is 2.99. The molecule has 0 aromatic heterocycles. The lowest BCUT2D eigenvalue weighted by molar-refractivity contribution is 0.0546. The molecule has 0 aliphatic carbocycles. The number of benzene rings is 2. The largest absolute Gasteiger partial charge is 0.478 e. The predicted molar refractivity (Wildman–Crippen MR) is 99.1 cm³/mol. The van der Waals surface area contributed by atoms with Crippen molar-refractivity contribution in [3.05, 3.63) is 70.6 Å². The van der Waals surface area contributed by atoms with Crippen LogP contribution in [0.4, 0.5) is 4.39 Å². The van der Waals surface area contributed by atoms with Gasteiger partial charge in [0.15, 0.2) is 0 Å². The third-order valence-electron chi connectivity index (χ3n) is 4.54. The Bertz CT molecular complexity index is 788. The van der Waals surface area contributed by atoms with E-state index in [4.69, 9.17) is 16.3 Å². The molecule has 0 amide bonds. The number of halogens is 2. The van der Waals surface area contributed by atoms with Crippen LogP contribution in [0.1, 0.15) is 12.5 Å². The van der Waals surface area contributed by atoms with E-state index in [0.717, 1.165) is 17.9 Å². The summed E-state index contributed by atoms with van der Waals surface area (Å²) in [6, 6.07) is 13.4. The second kappa shape index (κ2) is 8.37. The number of piperazine rings is 1. The summed E-state index contributed by atoms with van der Waals surface area (Å²) in [6.45, 7) is 4.32.